The topological polar surface area (TPSA) is 41.6 Å². The summed E-state index contributed by atoms with van der Waals surface area (Å²) >= 11 is 5.87. The lowest BCUT2D eigenvalue weighted by Gasteiger charge is -1.96. The molecule has 0 aliphatic rings. The third-order valence-electron chi connectivity index (χ3n) is 1.43. The van der Waals surface area contributed by atoms with Crippen molar-refractivity contribution in [2.24, 2.45) is 0 Å². The van der Waals surface area contributed by atoms with Gasteiger partial charge in [0.15, 0.2) is 5.16 Å². The van der Waals surface area contributed by atoms with E-state index in [0.717, 1.165) is 16.7 Å². The van der Waals surface area contributed by atoms with Gasteiger partial charge < -0.3 is 0 Å². The van der Waals surface area contributed by atoms with Gasteiger partial charge in [-0.3, -0.25) is 5.10 Å². The highest BCUT2D eigenvalue weighted by Gasteiger charge is 1.95. The van der Waals surface area contributed by atoms with Crippen LogP contribution < -0.4 is 0 Å². The van der Waals surface area contributed by atoms with E-state index in [1.54, 1.807) is 11.8 Å². The molecule has 0 aliphatic carbocycles. The van der Waals surface area contributed by atoms with Gasteiger partial charge in [0.25, 0.3) is 0 Å². The maximum atomic E-state index is 4.15. The normalized spacial score (nSPS) is 10.4. The minimum atomic E-state index is 0.917. The van der Waals surface area contributed by atoms with Crippen molar-refractivity contribution in [2.75, 3.05) is 11.5 Å². The van der Waals surface area contributed by atoms with Crippen LogP contribution in [-0.2, 0) is 0 Å². The Morgan fingerprint density at radius 2 is 2.33 bits per heavy atom. The maximum Gasteiger partial charge on any atom is 0.183 e. The molecule has 1 N–H and O–H groups in total. The molecule has 1 aromatic heterocycles. The summed E-state index contributed by atoms with van der Waals surface area (Å²) in [5, 5.41) is 7.50. The SMILES string of the molecule is SCCCCCSc1ncn[nH]1. The van der Waals surface area contributed by atoms with Gasteiger partial charge >= 0.3 is 0 Å². The predicted octanol–water partition coefficient (Wildman–Crippen LogP) is 2.00. The summed E-state index contributed by atoms with van der Waals surface area (Å²) in [6.45, 7) is 0. The smallest absolute Gasteiger partial charge is 0.183 e. The number of hydrogen-bond donors (Lipinski definition) is 2. The average molecular weight is 203 g/mol. The van der Waals surface area contributed by atoms with Crippen LogP contribution in [-0.4, -0.2) is 26.7 Å². The Kier molecular flexibility index (Phi) is 5.27. The molecule has 0 aliphatic heterocycles. The highest BCUT2D eigenvalue weighted by atomic mass is 32.2. The first-order valence-corrected chi connectivity index (χ1v) is 5.64. The first-order valence-electron chi connectivity index (χ1n) is 4.02. The summed E-state index contributed by atoms with van der Waals surface area (Å²) in [6.07, 6.45) is 5.23. The molecule has 0 saturated carbocycles. The number of nitrogens with one attached hydrogen (secondary N) is 1. The van der Waals surface area contributed by atoms with Crippen LogP contribution in [0.4, 0.5) is 0 Å². The Morgan fingerprint density at radius 1 is 1.42 bits per heavy atom. The maximum absolute atomic E-state index is 4.15. The van der Waals surface area contributed by atoms with Gasteiger partial charge in [0.05, 0.1) is 0 Å². The van der Waals surface area contributed by atoms with Gasteiger partial charge in [0.1, 0.15) is 6.33 Å². The second-order valence-corrected chi connectivity index (χ2v) is 3.95. The molecule has 1 rings (SSSR count). The Morgan fingerprint density at radius 3 is 3.00 bits per heavy atom. The van der Waals surface area contributed by atoms with Gasteiger partial charge in [-0.2, -0.15) is 17.7 Å². The van der Waals surface area contributed by atoms with E-state index in [0.29, 0.717) is 0 Å². The van der Waals surface area contributed by atoms with Gasteiger partial charge in [0.2, 0.25) is 0 Å². The number of unbranched alkanes of at least 4 members (excludes halogenated alkanes) is 2. The largest absolute Gasteiger partial charge is 0.254 e. The van der Waals surface area contributed by atoms with E-state index >= 15 is 0 Å². The van der Waals surface area contributed by atoms with Crippen LogP contribution in [0.2, 0.25) is 0 Å². The second kappa shape index (κ2) is 6.37. The summed E-state index contributed by atoms with van der Waals surface area (Å²) in [6, 6.07) is 0. The second-order valence-electron chi connectivity index (χ2n) is 2.42. The fourth-order valence-electron chi connectivity index (χ4n) is 0.823. The van der Waals surface area contributed by atoms with Crippen molar-refractivity contribution in [3.8, 4) is 0 Å². The monoisotopic (exact) mass is 203 g/mol. The van der Waals surface area contributed by atoms with Crippen molar-refractivity contribution < 1.29 is 0 Å². The number of rotatable bonds is 6. The standard InChI is InChI=1S/C7H13N3S2/c11-4-2-1-3-5-12-7-8-6-9-10-7/h6,11H,1-5H2,(H,8,9,10). The lowest BCUT2D eigenvalue weighted by molar-refractivity contribution is 0.785. The van der Waals surface area contributed by atoms with Gasteiger partial charge in [-0.15, -0.1) is 0 Å². The summed E-state index contributed by atoms with van der Waals surface area (Å²) in [4.78, 5) is 4.02. The molecule has 0 aromatic carbocycles. The van der Waals surface area contributed by atoms with E-state index in [1.165, 1.54) is 25.6 Å². The van der Waals surface area contributed by atoms with Crippen LogP contribution in [0.5, 0.6) is 0 Å². The Labute approximate surface area is 82.2 Å². The number of nitrogens with zero attached hydrogens (tertiary/aromatic N) is 2. The van der Waals surface area contributed by atoms with Crippen molar-refractivity contribution >= 4 is 24.4 Å². The zero-order valence-corrected chi connectivity index (χ0v) is 8.57. The summed E-state index contributed by atoms with van der Waals surface area (Å²) < 4.78 is 0. The molecule has 0 saturated heterocycles. The van der Waals surface area contributed by atoms with E-state index in [2.05, 4.69) is 27.8 Å². The number of hydrogen-bond acceptors (Lipinski definition) is 4. The fraction of sp³-hybridized carbons (Fsp3) is 0.714. The minimum absolute atomic E-state index is 0.917. The van der Waals surface area contributed by atoms with Crippen molar-refractivity contribution in [3.05, 3.63) is 6.33 Å². The highest BCUT2D eigenvalue weighted by Crippen LogP contribution is 2.13. The number of H-pyrrole nitrogens is 1. The zero-order valence-electron chi connectivity index (χ0n) is 6.86. The first kappa shape index (κ1) is 9.92. The lowest BCUT2D eigenvalue weighted by Crippen LogP contribution is -1.83. The van der Waals surface area contributed by atoms with Gasteiger partial charge in [0, 0.05) is 5.75 Å². The number of thioether (sulfide) groups is 1. The van der Waals surface area contributed by atoms with Crippen molar-refractivity contribution in [1.29, 1.82) is 0 Å². The van der Waals surface area contributed by atoms with E-state index < -0.39 is 0 Å². The zero-order chi connectivity index (χ0) is 8.65. The van der Waals surface area contributed by atoms with Gasteiger partial charge in [-0.1, -0.05) is 18.2 Å². The summed E-state index contributed by atoms with van der Waals surface area (Å²) in [5.74, 6) is 2.11. The molecule has 68 valence electrons. The highest BCUT2D eigenvalue weighted by molar-refractivity contribution is 7.99. The molecule has 3 nitrogen and oxygen atoms in total. The molecule has 0 atom stereocenters. The molecule has 5 heteroatoms. The van der Waals surface area contributed by atoms with Crippen molar-refractivity contribution in [3.63, 3.8) is 0 Å². The number of aromatic nitrogens is 3. The van der Waals surface area contributed by atoms with Crippen LogP contribution in [0, 0.1) is 0 Å². The van der Waals surface area contributed by atoms with Crippen LogP contribution >= 0.6 is 24.4 Å². The third kappa shape index (κ3) is 4.01. The molecule has 0 radical (unpaired) electrons. The Hall–Kier alpha value is -0.160. The number of thiol groups is 1. The Balaban J connectivity index is 1.96. The average Bonchev–Trinajstić information content (AvgIpc) is 2.57. The molecule has 1 heterocycles. The Bertz CT molecular complexity index is 189. The van der Waals surface area contributed by atoms with E-state index in [1.807, 2.05) is 0 Å². The molecular formula is C7H13N3S2. The summed E-state index contributed by atoms with van der Waals surface area (Å²) in [5.41, 5.74) is 0. The van der Waals surface area contributed by atoms with Crippen LogP contribution in [0.1, 0.15) is 19.3 Å². The molecule has 12 heavy (non-hydrogen) atoms. The van der Waals surface area contributed by atoms with E-state index in [-0.39, 0.29) is 0 Å². The summed E-state index contributed by atoms with van der Waals surface area (Å²) in [7, 11) is 0. The van der Waals surface area contributed by atoms with E-state index in [4.69, 9.17) is 0 Å². The molecule has 0 unspecified atom stereocenters. The van der Waals surface area contributed by atoms with Crippen LogP contribution in [0.25, 0.3) is 0 Å². The van der Waals surface area contributed by atoms with Gasteiger partial charge in [-0.05, 0) is 18.6 Å². The predicted molar refractivity (Wildman–Crippen MR) is 54.8 cm³/mol. The fourth-order valence-corrected chi connectivity index (χ4v) is 1.83. The van der Waals surface area contributed by atoms with E-state index in [9.17, 15) is 0 Å². The molecule has 0 fully saturated rings. The molecule has 0 bridgehead atoms. The molecule has 0 spiro atoms. The number of aromatic amines is 1. The van der Waals surface area contributed by atoms with Gasteiger partial charge in [-0.25, -0.2) is 4.98 Å². The van der Waals surface area contributed by atoms with Crippen molar-refractivity contribution in [2.45, 2.75) is 24.4 Å². The lowest BCUT2D eigenvalue weighted by atomic mass is 10.3. The molecule has 0 amide bonds. The third-order valence-corrected chi connectivity index (χ3v) is 2.71. The van der Waals surface area contributed by atoms with Crippen LogP contribution in [0.3, 0.4) is 0 Å². The molecule has 1 aromatic rings. The first-order chi connectivity index (χ1) is 5.93. The molecular weight excluding hydrogens is 190 g/mol. The minimum Gasteiger partial charge on any atom is -0.254 e. The van der Waals surface area contributed by atoms with Crippen molar-refractivity contribution in [1.82, 2.24) is 15.2 Å². The van der Waals surface area contributed by atoms with Crippen LogP contribution in [0.15, 0.2) is 11.5 Å². The quantitative estimate of drug-likeness (QED) is 0.422.